The van der Waals surface area contributed by atoms with Gasteiger partial charge in [-0.05, 0) is 93.1 Å². The van der Waals surface area contributed by atoms with Gasteiger partial charge in [0.25, 0.3) is 5.91 Å². The van der Waals surface area contributed by atoms with Gasteiger partial charge in [0.2, 0.25) is 0 Å². The van der Waals surface area contributed by atoms with Gasteiger partial charge >= 0.3 is 5.97 Å². The number of esters is 1. The Kier molecular flexibility index (Phi) is 11.9. The standard InChI is InChI=1S/C39H41ClN4O5/c1-5-44(6-2)38(45)33-13-8-12-32(26(33)4)31-11-7-10-29(25(31)3)23-48-37-18-36(47-22-28-16-27(19-41)20-42-21-28)30(17-34(37)40)24-49-39(46)35-14-9-15-43-35/h7-8,10-13,16-18,20-21,35,43H,5-6,9,14-15,22-24H2,1-4H3/t35-/m0/s1. The quantitative estimate of drug-likeness (QED) is 0.146. The highest BCUT2D eigenvalue weighted by atomic mass is 35.5. The van der Waals surface area contributed by atoms with E-state index in [9.17, 15) is 14.9 Å². The zero-order valence-electron chi connectivity index (χ0n) is 28.3. The topological polar surface area (TPSA) is 114 Å². The molecule has 1 aliphatic rings. The molecule has 0 aliphatic carbocycles. The molecule has 1 fully saturated rings. The van der Waals surface area contributed by atoms with Crippen LogP contribution in [0.1, 0.15) is 70.4 Å². The van der Waals surface area contributed by atoms with Gasteiger partial charge in [-0.1, -0.05) is 41.9 Å². The molecule has 5 rings (SSSR count). The average Bonchev–Trinajstić information content (AvgIpc) is 3.66. The van der Waals surface area contributed by atoms with Crippen LogP contribution >= 0.6 is 11.6 Å². The summed E-state index contributed by atoms with van der Waals surface area (Å²) in [6.07, 6.45) is 4.78. The Bertz CT molecular complexity index is 1860. The summed E-state index contributed by atoms with van der Waals surface area (Å²) >= 11 is 6.74. The van der Waals surface area contributed by atoms with Crippen molar-refractivity contribution in [2.75, 3.05) is 19.6 Å². The maximum absolute atomic E-state index is 13.2. The Labute approximate surface area is 292 Å². The molecule has 0 unspecified atom stereocenters. The Balaban J connectivity index is 1.38. The van der Waals surface area contributed by atoms with Crippen LogP contribution in [-0.4, -0.2) is 47.4 Å². The van der Waals surface area contributed by atoms with Crippen LogP contribution in [0.3, 0.4) is 0 Å². The summed E-state index contributed by atoms with van der Waals surface area (Å²) in [5.74, 6) is 0.543. The van der Waals surface area contributed by atoms with E-state index in [2.05, 4.69) is 22.4 Å². The molecular weight excluding hydrogens is 640 g/mol. The number of carbonyl (C=O) groups is 2. The van der Waals surface area contributed by atoms with E-state index < -0.39 is 0 Å². The van der Waals surface area contributed by atoms with Crippen molar-refractivity contribution in [1.82, 2.24) is 15.2 Å². The zero-order valence-corrected chi connectivity index (χ0v) is 29.1. The third-order valence-corrected chi connectivity index (χ3v) is 9.18. The van der Waals surface area contributed by atoms with E-state index in [-0.39, 0.29) is 37.7 Å². The number of nitrogens with zero attached hydrogens (tertiary/aromatic N) is 3. The Hall–Kier alpha value is -4.91. The molecule has 0 radical (unpaired) electrons. The van der Waals surface area contributed by atoms with Crippen LogP contribution in [0.2, 0.25) is 5.02 Å². The molecule has 254 valence electrons. The van der Waals surface area contributed by atoms with Crippen LogP contribution in [0.25, 0.3) is 11.1 Å². The zero-order chi connectivity index (χ0) is 34.9. The smallest absolute Gasteiger partial charge is 0.323 e. The molecule has 49 heavy (non-hydrogen) atoms. The fourth-order valence-corrected chi connectivity index (χ4v) is 6.23. The molecule has 3 aromatic carbocycles. The maximum atomic E-state index is 13.2. The molecular formula is C39H41ClN4O5. The second-order valence-corrected chi connectivity index (χ2v) is 12.4. The van der Waals surface area contributed by atoms with Gasteiger partial charge in [-0.2, -0.15) is 5.26 Å². The number of benzene rings is 3. The monoisotopic (exact) mass is 680 g/mol. The predicted molar refractivity (Wildman–Crippen MR) is 188 cm³/mol. The molecule has 0 saturated carbocycles. The van der Waals surface area contributed by atoms with Crippen molar-refractivity contribution in [1.29, 1.82) is 5.26 Å². The van der Waals surface area contributed by atoms with Gasteiger partial charge in [0.05, 0.1) is 10.6 Å². The Morgan fingerprint density at radius 1 is 0.939 bits per heavy atom. The normalized spacial score (nSPS) is 13.8. The highest BCUT2D eigenvalue weighted by Gasteiger charge is 2.24. The van der Waals surface area contributed by atoms with Crippen LogP contribution in [0.15, 0.2) is 67.0 Å². The van der Waals surface area contributed by atoms with E-state index in [1.54, 1.807) is 24.4 Å². The minimum atomic E-state index is -0.324. The lowest BCUT2D eigenvalue weighted by atomic mass is 9.91. The summed E-state index contributed by atoms with van der Waals surface area (Å²) in [5.41, 5.74) is 7.34. The molecule has 1 aromatic heterocycles. The van der Waals surface area contributed by atoms with Crippen LogP contribution in [-0.2, 0) is 29.4 Å². The lowest BCUT2D eigenvalue weighted by molar-refractivity contribution is -0.147. The van der Waals surface area contributed by atoms with E-state index in [1.807, 2.05) is 62.9 Å². The summed E-state index contributed by atoms with van der Waals surface area (Å²) in [5, 5.41) is 12.8. The third kappa shape index (κ3) is 8.40. The molecule has 10 heteroatoms. The number of rotatable bonds is 13. The largest absolute Gasteiger partial charge is 0.488 e. The van der Waals surface area contributed by atoms with Crippen molar-refractivity contribution in [3.8, 4) is 28.7 Å². The van der Waals surface area contributed by atoms with Crippen molar-refractivity contribution in [3.63, 3.8) is 0 Å². The lowest BCUT2D eigenvalue weighted by Gasteiger charge is -2.21. The van der Waals surface area contributed by atoms with Gasteiger partial charge in [0, 0.05) is 48.2 Å². The SMILES string of the molecule is CCN(CC)C(=O)c1cccc(-c2cccc(COc3cc(OCc4cncc(C#N)c4)c(COC(=O)[C@@H]4CCCN4)cc3Cl)c2C)c1C. The average molecular weight is 681 g/mol. The first-order valence-electron chi connectivity index (χ1n) is 16.5. The van der Waals surface area contributed by atoms with Gasteiger partial charge in [-0.3, -0.25) is 14.6 Å². The predicted octanol–water partition coefficient (Wildman–Crippen LogP) is 7.33. The minimum absolute atomic E-state index is 0.0246. The van der Waals surface area contributed by atoms with E-state index in [4.69, 9.17) is 25.8 Å². The van der Waals surface area contributed by atoms with Gasteiger partial charge in [0.15, 0.2) is 0 Å². The van der Waals surface area contributed by atoms with Crippen molar-refractivity contribution >= 4 is 23.5 Å². The molecule has 1 N–H and O–H groups in total. The van der Waals surface area contributed by atoms with Crippen molar-refractivity contribution in [2.45, 2.75) is 66.4 Å². The molecule has 0 bridgehead atoms. The van der Waals surface area contributed by atoms with E-state index in [0.29, 0.717) is 51.9 Å². The lowest BCUT2D eigenvalue weighted by Crippen LogP contribution is -2.32. The highest BCUT2D eigenvalue weighted by Crippen LogP contribution is 2.36. The first-order valence-corrected chi connectivity index (χ1v) is 16.9. The van der Waals surface area contributed by atoms with Crippen molar-refractivity contribution in [3.05, 3.63) is 111 Å². The number of ether oxygens (including phenoxy) is 3. The number of pyridine rings is 1. The third-order valence-electron chi connectivity index (χ3n) is 8.88. The molecule has 1 aliphatic heterocycles. The second kappa shape index (κ2) is 16.5. The number of hydrogen-bond acceptors (Lipinski definition) is 8. The molecule has 4 aromatic rings. The van der Waals surface area contributed by atoms with E-state index >= 15 is 0 Å². The van der Waals surface area contributed by atoms with Gasteiger partial charge in [-0.15, -0.1) is 0 Å². The van der Waals surface area contributed by atoms with Crippen LogP contribution < -0.4 is 14.8 Å². The van der Waals surface area contributed by atoms with E-state index in [0.717, 1.165) is 47.2 Å². The van der Waals surface area contributed by atoms with Gasteiger partial charge in [-0.25, -0.2) is 0 Å². The summed E-state index contributed by atoms with van der Waals surface area (Å²) < 4.78 is 18.1. The summed E-state index contributed by atoms with van der Waals surface area (Å²) in [6.45, 7) is 10.4. The van der Waals surface area contributed by atoms with Crippen LogP contribution in [0.5, 0.6) is 11.5 Å². The fourth-order valence-electron chi connectivity index (χ4n) is 5.99. The fraction of sp³-hybridized carbons (Fsp3) is 0.333. The second-order valence-electron chi connectivity index (χ2n) is 12.0. The number of amides is 1. The molecule has 9 nitrogen and oxygen atoms in total. The Morgan fingerprint density at radius 3 is 2.39 bits per heavy atom. The number of aromatic nitrogens is 1. The number of halogens is 1. The number of carbonyl (C=O) groups excluding carboxylic acids is 2. The first kappa shape index (κ1) is 35.4. The van der Waals surface area contributed by atoms with Crippen LogP contribution in [0, 0.1) is 25.2 Å². The van der Waals surface area contributed by atoms with Crippen molar-refractivity contribution < 1.29 is 23.8 Å². The van der Waals surface area contributed by atoms with E-state index in [1.165, 1.54) is 6.20 Å². The highest BCUT2D eigenvalue weighted by molar-refractivity contribution is 6.32. The number of hydrogen-bond donors (Lipinski definition) is 1. The van der Waals surface area contributed by atoms with Gasteiger partial charge in [0.1, 0.15) is 43.4 Å². The molecule has 2 heterocycles. The molecule has 0 spiro atoms. The first-order chi connectivity index (χ1) is 23.7. The maximum Gasteiger partial charge on any atom is 0.323 e. The van der Waals surface area contributed by atoms with Crippen molar-refractivity contribution in [2.24, 2.45) is 0 Å². The summed E-state index contributed by atoms with van der Waals surface area (Å²) in [4.78, 5) is 31.8. The molecule has 1 atom stereocenters. The summed E-state index contributed by atoms with van der Waals surface area (Å²) in [6, 6.07) is 18.8. The molecule has 1 amide bonds. The van der Waals surface area contributed by atoms with Crippen LogP contribution in [0.4, 0.5) is 0 Å². The molecule has 1 saturated heterocycles. The summed E-state index contributed by atoms with van der Waals surface area (Å²) in [7, 11) is 0. The Morgan fingerprint density at radius 2 is 1.67 bits per heavy atom. The van der Waals surface area contributed by atoms with Gasteiger partial charge < -0.3 is 24.4 Å². The number of nitriles is 1. The minimum Gasteiger partial charge on any atom is -0.488 e. The number of nitrogens with one attached hydrogen (secondary N) is 1.